The normalized spacial score (nSPS) is 15.8. The maximum absolute atomic E-state index is 13.7. The summed E-state index contributed by atoms with van der Waals surface area (Å²) in [6.45, 7) is 8.50. The van der Waals surface area contributed by atoms with E-state index >= 15 is 0 Å². The van der Waals surface area contributed by atoms with Crippen molar-refractivity contribution in [2.24, 2.45) is 5.92 Å². The third-order valence-corrected chi connectivity index (χ3v) is 7.71. The first kappa shape index (κ1) is 23.8. The van der Waals surface area contributed by atoms with Crippen LogP contribution in [0.15, 0.2) is 72.2 Å². The first-order chi connectivity index (χ1) is 15.5. The molecule has 170 valence electrons. The van der Waals surface area contributed by atoms with Crippen LogP contribution in [0.2, 0.25) is 0 Å². The van der Waals surface area contributed by atoms with Gasteiger partial charge in [0.15, 0.2) is 4.91 Å². The molecule has 5 nitrogen and oxygen atoms in total. The number of para-hydroxylation sites is 1. The van der Waals surface area contributed by atoms with E-state index in [-0.39, 0.29) is 11.4 Å². The number of sulfonamides is 1. The quantitative estimate of drug-likeness (QED) is 0.509. The van der Waals surface area contributed by atoms with Gasteiger partial charge in [0.2, 0.25) is 0 Å². The highest BCUT2D eigenvalue weighted by atomic mass is 32.2. The van der Waals surface area contributed by atoms with E-state index < -0.39 is 15.9 Å². The van der Waals surface area contributed by atoms with Crippen molar-refractivity contribution < 1.29 is 13.2 Å². The Balaban J connectivity index is 2.14. The van der Waals surface area contributed by atoms with Gasteiger partial charge in [0.05, 0.1) is 12.2 Å². The van der Waals surface area contributed by atoms with Crippen molar-refractivity contribution in [2.45, 2.75) is 39.5 Å². The van der Waals surface area contributed by atoms with Gasteiger partial charge in [0.25, 0.3) is 15.9 Å². The lowest BCUT2D eigenvalue weighted by molar-refractivity contribution is -0.117. The molecular weight excluding hydrogens is 420 g/mol. The molecule has 1 heterocycles. The molecule has 0 saturated carbocycles. The lowest BCUT2D eigenvalue weighted by Gasteiger charge is -2.33. The van der Waals surface area contributed by atoms with Crippen LogP contribution in [0.4, 0.5) is 5.69 Å². The highest BCUT2D eigenvalue weighted by Gasteiger charge is 2.40. The first-order valence-electron chi connectivity index (χ1n) is 11.3. The van der Waals surface area contributed by atoms with Gasteiger partial charge < -0.3 is 5.32 Å². The molecule has 0 fully saturated rings. The fourth-order valence-electron chi connectivity index (χ4n) is 4.09. The molecule has 1 aliphatic rings. The number of nitrogens with zero attached hydrogens (tertiary/aromatic N) is 1. The molecule has 1 aliphatic heterocycles. The van der Waals surface area contributed by atoms with Gasteiger partial charge in [0, 0.05) is 17.7 Å². The summed E-state index contributed by atoms with van der Waals surface area (Å²) in [6, 6.07) is 16.6. The molecule has 0 saturated heterocycles. The number of rotatable bonds is 10. The van der Waals surface area contributed by atoms with Crippen LogP contribution in [-0.4, -0.2) is 27.4 Å². The number of hydrogen-bond acceptors (Lipinski definition) is 3. The lowest BCUT2D eigenvalue weighted by atomic mass is 9.95. The van der Waals surface area contributed by atoms with E-state index in [1.807, 2.05) is 42.5 Å². The van der Waals surface area contributed by atoms with Crippen molar-refractivity contribution in [3.8, 4) is 0 Å². The Morgan fingerprint density at radius 3 is 2.44 bits per heavy atom. The van der Waals surface area contributed by atoms with E-state index in [0.29, 0.717) is 29.3 Å². The number of fused-ring (bicyclic) bond motifs is 1. The molecule has 0 unspecified atom stereocenters. The Morgan fingerprint density at radius 2 is 1.78 bits per heavy atom. The minimum Gasteiger partial charge on any atom is -0.351 e. The van der Waals surface area contributed by atoms with E-state index in [0.717, 1.165) is 31.2 Å². The zero-order valence-corrected chi connectivity index (χ0v) is 19.7. The van der Waals surface area contributed by atoms with Crippen LogP contribution in [0.1, 0.15) is 50.7 Å². The molecule has 1 atom stereocenters. The monoisotopic (exact) mass is 452 g/mol. The van der Waals surface area contributed by atoms with Gasteiger partial charge in [-0.25, -0.2) is 8.42 Å². The van der Waals surface area contributed by atoms with Gasteiger partial charge in [-0.3, -0.25) is 9.10 Å². The number of hydrogen-bond donors (Lipinski definition) is 1. The Bertz CT molecular complexity index is 1090. The molecule has 0 aromatic heterocycles. The van der Waals surface area contributed by atoms with Crippen molar-refractivity contribution >= 4 is 27.2 Å². The summed E-state index contributed by atoms with van der Waals surface area (Å²) in [5.41, 5.74) is 2.42. The van der Waals surface area contributed by atoms with E-state index in [1.54, 1.807) is 12.1 Å². The summed E-state index contributed by atoms with van der Waals surface area (Å²) < 4.78 is 28.7. The van der Waals surface area contributed by atoms with Crippen molar-refractivity contribution in [3.63, 3.8) is 0 Å². The number of carbonyl (C=O) groups is 1. The van der Waals surface area contributed by atoms with E-state index in [1.165, 1.54) is 10.4 Å². The maximum atomic E-state index is 13.7. The Kier molecular flexibility index (Phi) is 7.91. The van der Waals surface area contributed by atoms with Crippen LogP contribution in [-0.2, 0) is 14.8 Å². The van der Waals surface area contributed by atoms with Gasteiger partial charge in [-0.05, 0) is 24.0 Å². The molecule has 0 radical (unpaired) electrons. The highest BCUT2D eigenvalue weighted by Crippen LogP contribution is 2.42. The van der Waals surface area contributed by atoms with Gasteiger partial charge in [0.1, 0.15) is 0 Å². The van der Waals surface area contributed by atoms with Crippen molar-refractivity contribution in [3.05, 3.63) is 83.3 Å². The number of amides is 1. The number of benzene rings is 2. The molecule has 3 rings (SSSR count). The average molecular weight is 453 g/mol. The number of unbranched alkanes of at least 4 members (excludes halogenated alkanes) is 1. The van der Waals surface area contributed by atoms with Crippen LogP contribution >= 0.6 is 0 Å². The van der Waals surface area contributed by atoms with Crippen LogP contribution in [0, 0.1) is 5.92 Å². The number of anilines is 1. The first-order valence-corrected chi connectivity index (χ1v) is 12.7. The predicted molar refractivity (Wildman–Crippen MR) is 132 cm³/mol. The van der Waals surface area contributed by atoms with Gasteiger partial charge in [-0.15, -0.1) is 6.58 Å². The predicted octanol–water partition coefficient (Wildman–Crippen LogP) is 5.11. The molecule has 2 aromatic rings. The molecule has 0 bridgehead atoms. The third-order valence-electron chi connectivity index (χ3n) is 5.88. The summed E-state index contributed by atoms with van der Waals surface area (Å²) in [5, 5.41) is 2.93. The Hall–Kier alpha value is -2.86. The maximum Gasteiger partial charge on any atom is 0.270 e. The molecule has 0 spiro atoms. The largest absolute Gasteiger partial charge is 0.351 e. The summed E-state index contributed by atoms with van der Waals surface area (Å²) in [4.78, 5) is 13.3. The molecule has 0 aliphatic carbocycles. The molecule has 2 aromatic carbocycles. The van der Waals surface area contributed by atoms with Crippen LogP contribution in [0.3, 0.4) is 0 Å². The van der Waals surface area contributed by atoms with Crippen LogP contribution < -0.4 is 9.62 Å². The fraction of sp³-hybridized carbons (Fsp3) is 0.346. The molecule has 32 heavy (non-hydrogen) atoms. The lowest BCUT2D eigenvalue weighted by Crippen LogP contribution is -2.42. The second-order valence-electron chi connectivity index (χ2n) is 8.04. The zero-order chi connectivity index (χ0) is 23.1. The minimum absolute atomic E-state index is 0.0896. The average Bonchev–Trinajstić information content (AvgIpc) is 2.81. The molecular formula is C26H32N2O3S. The highest BCUT2D eigenvalue weighted by molar-refractivity contribution is 7.97. The third kappa shape index (κ3) is 4.80. The van der Waals surface area contributed by atoms with Gasteiger partial charge in [-0.2, -0.15) is 0 Å². The molecule has 6 heteroatoms. The van der Waals surface area contributed by atoms with Gasteiger partial charge >= 0.3 is 0 Å². The van der Waals surface area contributed by atoms with E-state index in [9.17, 15) is 13.2 Å². The molecule has 1 amide bonds. The summed E-state index contributed by atoms with van der Waals surface area (Å²) >= 11 is 0. The Morgan fingerprint density at radius 1 is 1.09 bits per heavy atom. The summed E-state index contributed by atoms with van der Waals surface area (Å²) in [7, 11) is -4.08. The van der Waals surface area contributed by atoms with E-state index in [4.69, 9.17) is 0 Å². The van der Waals surface area contributed by atoms with Gasteiger partial charge in [-0.1, -0.05) is 87.7 Å². The van der Waals surface area contributed by atoms with E-state index in [2.05, 4.69) is 25.7 Å². The van der Waals surface area contributed by atoms with Crippen molar-refractivity contribution in [1.82, 2.24) is 5.32 Å². The second kappa shape index (κ2) is 10.6. The number of nitrogens with one attached hydrogen (secondary N) is 1. The van der Waals surface area contributed by atoms with Crippen molar-refractivity contribution in [2.75, 3.05) is 17.4 Å². The SMILES string of the molecule is C=CCN1c2ccccc2C(c2ccccc2)=C(C(=O)NC[C@H](CC)CCCC)S1(=O)=O. The fourth-order valence-corrected chi connectivity index (χ4v) is 5.82. The van der Waals surface area contributed by atoms with Crippen molar-refractivity contribution in [1.29, 1.82) is 0 Å². The smallest absolute Gasteiger partial charge is 0.270 e. The summed E-state index contributed by atoms with van der Waals surface area (Å²) in [5.74, 6) is -0.232. The summed E-state index contributed by atoms with van der Waals surface area (Å²) in [6.07, 6.45) is 5.66. The Labute approximate surface area is 191 Å². The standard InChI is InChI=1S/C26H32N2O3S/c1-4-7-13-20(6-3)19-27-26(29)25-24(21-14-9-8-10-15-21)22-16-11-12-17-23(22)28(18-5-2)32(25,30)31/h5,8-12,14-17,20H,2,4,6-7,13,18-19H2,1,3H3,(H,27,29)/t20-/m1/s1. The van der Waals surface area contributed by atoms with Crippen LogP contribution in [0.5, 0.6) is 0 Å². The second-order valence-corrected chi connectivity index (χ2v) is 9.84. The zero-order valence-electron chi connectivity index (χ0n) is 18.9. The topological polar surface area (TPSA) is 66.5 Å². The molecule has 1 N–H and O–H groups in total. The number of carbonyl (C=O) groups excluding carboxylic acids is 1. The minimum atomic E-state index is -4.08. The van der Waals surface area contributed by atoms with Crippen LogP contribution in [0.25, 0.3) is 5.57 Å².